The van der Waals surface area contributed by atoms with Crippen molar-refractivity contribution in [1.29, 1.82) is 0 Å². The number of likely N-dealkylation sites (tertiary alicyclic amines) is 1. The average molecular weight is 463 g/mol. The Morgan fingerprint density at radius 2 is 2.00 bits per heavy atom. The molecule has 4 fully saturated rings. The number of rotatable bonds is 6. The van der Waals surface area contributed by atoms with Crippen molar-refractivity contribution >= 4 is 12.1 Å². The van der Waals surface area contributed by atoms with Crippen LogP contribution in [0.3, 0.4) is 0 Å². The van der Waals surface area contributed by atoms with Crippen LogP contribution in [0.25, 0.3) is 0 Å². The molecule has 0 radical (unpaired) electrons. The maximum Gasteiger partial charge on any atom is 1.00 e. The van der Waals surface area contributed by atoms with Gasteiger partial charge in [-0.2, -0.15) is 0 Å². The second-order valence-corrected chi connectivity index (χ2v) is 9.72. The SMILES string of the molecule is CO[C@@H]1[C@H](OC(=O)N2CCC(F)(C(=O)[O-])C2)CC[C@]2(CO2)[C@H]1[C@@]1(C)O[C@@H]1CC=C(C)C.[Na+]. The monoisotopic (exact) mass is 463 g/mol. The Morgan fingerprint density at radius 1 is 1.31 bits per heavy atom. The van der Waals surface area contributed by atoms with E-state index in [1.165, 1.54) is 5.57 Å². The third-order valence-corrected chi connectivity index (χ3v) is 7.33. The molecule has 1 saturated carbocycles. The molecule has 3 aliphatic heterocycles. The standard InChI is InChI=1S/C22H32FNO7.Na/c1-13(2)5-6-15-20(3,31-15)17-16(28-4)14(7-8-22(17)12-29-22)30-19(27)24-10-9-21(23,11-24)18(25)26;/h5,14-17H,6-12H2,1-4H3,(H,25,26);/q;+1/p-1/t14-,15-,16-,17-,20+,21?,22+;/m1./s1. The molecule has 0 N–H and O–H groups in total. The number of amides is 1. The number of alkyl halides is 1. The molecule has 1 aliphatic carbocycles. The molecule has 174 valence electrons. The van der Waals surface area contributed by atoms with Crippen molar-refractivity contribution in [3.63, 3.8) is 0 Å². The van der Waals surface area contributed by atoms with E-state index in [-0.39, 0.29) is 60.1 Å². The van der Waals surface area contributed by atoms with E-state index in [1.807, 2.05) is 13.8 Å². The summed E-state index contributed by atoms with van der Waals surface area (Å²) in [5.41, 5.74) is -2.10. The molecule has 0 aromatic carbocycles. The minimum absolute atomic E-state index is 0. The van der Waals surface area contributed by atoms with Gasteiger partial charge in [0.1, 0.15) is 23.4 Å². The summed E-state index contributed by atoms with van der Waals surface area (Å²) in [6.07, 6.45) is 2.19. The maximum atomic E-state index is 14.3. The molecule has 7 atom stereocenters. The second kappa shape index (κ2) is 9.15. The number of hydrogen-bond donors (Lipinski definition) is 0. The summed E-state index contributed by atoms with van der Waals surface area (Å²) in [6.45, 7) is 6.16. The minimum Gasteiger partial charge on any atom is -0.547 e. The number of carboxylic acid groups (broad SMARTS) is 1. The topological polar surface area (TPSA) is 104 Å². The van der Waals surface area contributed by atoms with Gasteiger partial charge in [0, 0.05) is 20.1 Å². The maximum absolute atomic E-state index is 14.3. The van der Waals surface area contributed by atoms with Gasteiger partial charge in [-0.3, -0.25) is 0 Å². The number of carbonyl (C=O) groups excluding carboxylic acids is 2. The zero-order valence-electron chi connectivity index (χ0n) is 19.5. The number of allylic oxidation sites excluding steroid dienone is 1. The first-order valence-electron chi connectivity index (χ1n) is 10.9. The average Bonchev–Trinajstić information content (AvgIpc) is 3.58. The number of carbonyl (C=O) groups is 2. The fourth-order valence-corrected chi connectivity index (χ4v) is 5.37. The van der Waals surface area contributed by atoms with E-state index in [0.717, 1.165) is 11.3 Å². The van der Waals surface area contributed by atoms with Gasteiger partial charge in [-0.25, -0.2) is 9.18 Å². The van der Waals surface area contributed by atoms with Gasteiger partial charge in [-0.05, 0) is 40.0 Å². The predicted molar refractivity (Wildman–Crippen MR) is 105 cm³/mol. The molecule has 0 aromatic rings. The predicted octanol–water partition coefficient (Wildman–Crippen LogP) is -1.63. The molecule has 1 spiro atoms. The van der Waals surface area contributed by atoms with E-state index in [4.69, 9.17) is 18.9 Å². The van der Waals surface area contributed by atoms with Crippen LogP contribution in [0, 0.1) is 5.92 Å². The number of methoxy groups -OCH3 is 1. The third kappa shape index (κ3) is 4.61. The molecule has 4 rings (SSSR count). The molecule has 3 heterocycles. The van der Waals surface area contributed by atoms with Gasteiger partial charge in [0.05, 0.1) is 31.1 Å². The number of ether oxygens (including phenoxy) is 4. The smallest absolute Gasteiger partial charge is 0.547 e. The van der Waals surface area contributed by atoms with Crippen molar-refractivity contribution in [3.05, 3.63) is 11.6 Å². The zero-order valence-corrected chi connectivity index (χ0v) is 21.5. The van der Waals surface area contributed by atoms with Crippen molar-refractivity contribution in [1.82, 2.24) is 4.90 Å². The first kappa shape index (κ1) is 25.9. The summed E-state index contributed by atoms with van der Waals surface area (Å²) in [5.74, 6) is -1.92. The van der Waals surface area contributed by atoms with Gasteiger partial charge in [0.25, 0.3) is 0 Å². The minimum atomic E-state index is -2.53. The van der Waals surface area contributed by atoms with Crippen LogP contribution < -0.4 is 34.7 Å². The van der Waals surface area contributed by atoms with Gasteiger partial charge < -0.3 is 33.7 Å². The molecule has 0 aromatic heterocycles. The zero-order chi connectivity index (χ0) is 22.6. The summed E-state index contributed by atoms with van der Waals surface area (Å²) < 4.78 is 37.9. The summed E-state index contributed by atoms with van der Waals surface area (Å²) >= 11 is 0. The fraction of sp³-hybridized carbons (Fsp3) is 0.818. The molecule has 32 heavy (non-hydrogen) atoms. The van der Waals surface area contributed by atoms with E-state index in [2.05, 4.69) is 13.0 Å². The van der Waals surface area contributed by atoms with Crippen molar-refractivity contribution in [2.24, 2.45) is 5.92 Å². The van der Waals surface area contributed by atoms with Crippen LogP contribution in [0.4, 0.5) is 9.18 Å². The molecular weight excluding hydrogens is 432 g/mol. The number of hydrogen-bond acceptors (Lipinski definition) is 7. The summed E-state index contributed by atoms with van der Waals surface area (Å²) in [4.78, 5) is 24.8. The van der Waals surface area contributed by atoms with Gasteiger partial charge in [0.15, 0.2) is 5.67 Å². The van der Waals surface area contributed by atoms with Crippen molar-refractivity contribution in [2.75, 3.05) is 26.8 Å². The normalized spacial score (nSPS) is 42.2. The Hall–Kier alpha value is -0.710. The molecule has 0 bridgehead atoms. The van der Waals surface area contributed by atoms with Crippen LogP contribution in [0.15, 0.2) is 11.6 Å². The first-order chi connectivity index (χ1) is 14.5. The Morgan fingerprint density at radius 3 is 2.53 bits per heavy atom. The van der Waals surface area contributed by atoms with Gasteiger partial charge in [-0.15, -0.1) is 0 Å². The van der Waals surface area contributed by atoms with Crippen LogP contribution >= 0.6 is 0 Å². The van der Waals surface area contributed by atoms with Crippen LogP contribution in [0.2, 0.25) is 0 Å². The Kier molecular flexibility index (Phi) is 7.41. The van der Waals surface area contributed by atoms with E-state index >= 15 is 0 Å². The first-order valence-corrected chi connectivity index (χ1v) is 10.9. The molecule has 10 heteroatoms. The van der Waals surface area contributed by atoms with Gasteiger partial charge >= 0.3 is 35.7 Å². The molecule has 4 aliphatic rings. The van der Waals surface area contributed by atoms with E-state index < -0.39 is 42.1 Å². The molecule has 1 unspecified atom stereocenters. The molecule has 3 saturated heterocycles. The van der Waals surface area contributed by atoms with E-state index in [9.17, 15) is 19.1 Å². The quantitative estimate of drug-likeness (QED) is 0.265. The molecule has 1 amide bonds. The molecular formula is C22H31FNNaO7. The fourth-order valence-electron chi connectivity index (χ4n) is 5.37. The van der Waals surface area contributed by atoms with Gasteiger partial charge in [0.2, 0.25) is 0 Å². The largest absolute Gasteiger partial charge is 1.00 e. The van der Waals surface area contributed by atoms with E-state index in [1.54, 1.807) is 7.11 Å². The second-order valence-electron chi connectivity index (χ2n) is 9.72. The van der Waals surface area contributed by atoms with Gasteiger partial charge in [-0.1, -0.05) is 11.6 Å². The van der Waals surface area contributed by atoms with Crippen molar-refractivity contribution in [2.45, 2.75) is 81.6 Å². The Balaban J connectivity index is 0.00000289. The van der Waals surface area contributed by atoms with Crippen molar-refractivity contribution < 1.29 is 67.6 Å². The van der Waals surface area contributed by atoms with Crippen LogP contribution in [-0.2, 0) is 23.7 Å². The van der Waals surface area contributed by atoms with Crippen LogP contribution in [0.5, 0.6) is 0 Å². The number of nitrogens with zero attached hydrogens (tertiary/aromatic N) is 1. The molecule has 8 nitrogen and oxygen atoms in total. The van der Waals surface area contributed by atoms with E-state index in [0.29, 0.717) is 19.4 Å². The van der Waals surface area contributed by atoms with Crippen LogP contribution in [0.1, 0.15) is 46.5 Å². The third-order valence-electron chi connectivity index (χ3n) is 7.33. The number of epoxide rings is 2. The summed E-state index contributed by atoms with van der Waals surface area (Å²) in [5, 5.41) is 11.0. The number of aliphatic carboxylic acids is 1. The summed E-state index contributed by atoms with van der Waals surface area (Å²) in [7, 11) is 1.58. The Bertz CT molecular complexity index is 786. The number of halogens is 1. The van der Waals surface area contributed by atoms with Crippen LogP contribution in [-0.4, -0.2) is 79.0 Å². The summed E-state index contributed by atoms with van der Waals surface area (Å²) in [6, 6.07) is 0. The van der Waals surface area contributed by atoms with Crippen molar-refractivity contribution in [3.8, 4) is 0 Å². The Labute approximate surface area is 210 Å². The number of carboxylic acids is 1.